The van der Waals surface area contributed by atoms with Gasteiger partial charge in [0.05, 0.1) is 13.7 Å². The number of benzene rings is 1. The Kier molecular flexibility index (Phi) is 6.54. The average molecular weight is 253 g/mol. The largest absolute Gasteiger partial charge is 0.497 e. The van der Waals surface area contributed by atoms with E-state index in [1.54, 1.807) is 7.11 Å². The van der Waals surface area contributed by atoms with Crippen molar-refractivity contribution in [1.82, 2.24) is 5.32 Å². The number of ether oxygens (including phenoxy) is 2. The summed E-state index contributed by atoms with van der Waals surface area (Å²) >= 11 is 0. The van der Waals surface area contributed by atoms with Crippen molar-refractivity contribution in [3.63, 3.8) is 0 Å². The monoisotopic (exact) mass is 253 g/mol. The van der Waals surface area contributed by atoms with Crippen LogP contribution in [0.15, 0.2) is 18.2 Å². The molecule has 0 atom stereocenters. The summed E-state index contributed by atoms with van der Waals surface area (Å²) in [6.45, 7) is 6.35. The highest BCUT2D eigenvalue weighted by Crippen LogP contribution is 2.24. The summed E-state index contributed by atoms with van der Waals surface area (Å²) in [5.74, 6) is 2.21. The summed E-state index contributed by atoms with van der Waals surface area (Å²) in [6, 6.07) is 5.69. The lowest BCUT2D eigenvalue weighted by molar-refractivity contribution is 0.200. The van der Waals surface area contributed by atoms with Crippen LogP contribution < -0.4 is 14.8 Å². The zero-order valence-corrected chi connectivity index (χ0v) is 11.4. The fraction of sp³-hybridized carbons (Fsp3) is 0.571. The van der Waals surface area contributed by atoms with Gasteiger partial charge in [-0.1, -0.05) is 13.8 Å². The molecule has 4 nitrogen and oxygen atoms in total. The zero-order valence-electron chi connectivity index (χ0n) is 11.4. The predicted octanol–water partition coefficient (Wildman–Crippen LogP) is 1.81. The van der Waals surface area contributed by atoms with Gasteiger partial charge in [0.1, 0.15) is 18.1 Å². The number of aliphatic hydroxyl groups is 1. The second kappa shape index (κ2) is 7.95. The number of rotatable bonds is 8. The summed E-state index contributed by atoms with van der Waals surface area (Å²) in [6.07, 6.45) is 0. The minimum atomic E-state index is 0.0187. The van der Waals surface area contributed by atoms with Gasteiger partial charge in [-0.2, -0.15) is 0 Å². The quantitative estimate of drug-likeness (QED) is 0.742. The first-order chi connectivity index (χ1) is 8.67. The molecule has 0 fully saturated rings. The highest BCUT2D eigenvalue weighted by atomic mass is 16.5. The van der Waals surface area contributed by atoms with Crippen molar-refractivity contribution in [2.75, 3.05) is 26.9 Å². The zero-order chi connectivity index (χ0) is 13.4. The normalized spacial score (nSPS) is 10.7. The lowest BCUT2D eigenvalue weighted by Crippen LogP contribution is -2.19. The number of hydrogen-bond donors (Lipinski definition) is 2. The molecule has 0 saturated heterocycles. The topological polar surface area (TPSA) is 50.7 Å². The molecule has 0 saturated carbocycles. The maximum absolute atomic E-state index is 8.80. The lowest BCUT2D eigenvalue weighted by Gasteiger charge is -2.14. The maximum atomic E-state index is 8.80. The van der Waals surface area contributed by atoms with Crippen LogP contribution in [0.5, 0.6) is 11.5 Å². The van der Waals surface area contributed by atoms with Crippen molar-refractivity contribution >= 4 is 0 Å². The third-order valence-corrected chi connectivity index (χ3v) is 2.48. The lowest BCUT2D eigenvalue weighted by atomic mass is 10.1. The van der Waals surface area contributed by atoms with E-state index < -0.39 is 0 Å². The molecule has 1 aromatic rings. The molecule has 0 aromatic heterocycles. The molecule has 0 unspecified atom stereocenters. The summed E-state index contributed by atoms with van der Waals surface area (Å²) < 4.78 is 10.7. The molecule has 0 radical (unpaired) electrons. The summed E-state index contributed by atoms with van der Waals surface area (Å²) in [7, 11) is 1.65. The van der Waals surface area contributed by atoms with Crippen LogP contribution in [0.3, 0.4) is 0 Å². The molecule has 0 aliphatic heterocycles. The van der Waals surface area contributed by atoms with Crippen molar-refractivity contribution in [1.29, 1.82) is 0 Å². The van der Waals surface area contributed by atoms with Gasteiger partial charge in [-0.05, 0) is 30.7 Å². The Labute approximate surface area is 109 Å². The fourth-order valence-corrected chi connectivity index (χ4v) is 1.61. The molecule has 0 spiro atoms. The second-order valence-corrected chi connectivity index (χ2v) is 4.57. The number of nitrogens with one attached hydrogen (secondary N) is 1. The van der Waals surface area contributed by atoms with Gasteiger partial charge in [0.25, 0.3) is 0 Å². The highest BCUT2D eigenvalue weighted by Gasteiger charge is 2.06. The van der Waals surface area contributed by atoms with Gasteiger partial charge in [0.15, 0.2) is 0 Å². The van der Waals surface area contributed by atoms with Gasteiger partial charge in [0.2, 0.25) is 0 Å². The molecule has 0 aliphatic rings. The molecule has 18 heavy (non-hydrogen) atoms. The van der Waals surface area contributed by atoms with E-state index in [-0.39, 0.29) is 6.61 Å². The molecule has 0 heterocycles. The Morgan fingerprint density at radius 1 is 1.33 bits per heavy atom. The van der Waals surface area contributed by atoms with E-state index in [1.165, 1.54) is 0 Å². The summed E-state index contributed by atoms with van der Waals surface area (Å²) in [4.78, 5) is 0. The van der Waals surface area contributed by atoms with E-state index in [9.17, 15) is 0 Å². The fourth-order valence-electron chi connectivity index (χ4n) is 1.61. The van der Waals surface area contributed by atoms with Gasteiger partial charge in [-0.15, -0.1) is 0 Å². The molecule has 4 heteroatoms. The Morgan fingerprint density at radius 2 is 2.11 bits per heavy atom. The van der Waals surface area contributed by atoms with Crippen LogP contribution in [0.1, 0.15) is 19.4 Å². The molecule has 2 N–H and O–H groups in total. The second-order valence-electron chi connectivity index (χ2n) is 4.57. The minimum absolute atomic E-state index is 0.0187. The smallest absolute Gasteiger partial charge is 0.124 e. The van der Waals surface area contributed by atoms with Crippen LogP contribution in [0, 0.1) is 5.92 Å². The van der Waals surface area contributed by atoms with Gasteiger partial charge >= 0.3 is 0 Å². The third kappa shape index (κ3) is 4.94. The summed E-state index contributed by atoms with van der Waals surface area (Å²) in [5, 5.41) is 12.2. The average Bonchev–Trinajstić information content (AvgIpc) is 2.36. The molecular formula is C14H23NO3. The van der Waals surface area contributed by atoms with E-state index in [4.69, 9.17) is 14.6 Å². The van der Waals surface area contributed by atoms with Gasteiger partial charge in [-0.25, -0.2) is 0 Å². The van der Waals surface area contributed by atoms with Crippen LogP contribution in [0.25, 0.3) is 0 Å². The molecule has 1 aromatic carbocycles. The van der Waals surface area contributed by atoms with E-state index in [0.717, 1.165) is 30.2 Å². The van der Waals surface area contributed by atoms with Crippen molar-refractivity contribution < 1.29 is 14.6 Å². The van der Waals surface area contributed by atoms with E-state index >= 15 is 0 Å². The standard InChI is InChI=1S/C14H23NO3/c1-11(2)9-15-10-12-8-13(17-3)4-5-14(12)18-7-6-16/h4-5,8,11,15-16H,6-7,9-10H2,1-3H3. The van der Waals surface area contributed by atoms with Crippen molar-refractivity contribution in [2.24, 2.45) is 5.92 Å². The van der Waals surface area contributed by atoms with Crippen LogP contribution >= 0.6 is 0 Å². The first-order valence-electron chi connectivity index (χ1n) is 6.28. The first kappa shape index (κ1) is 14.8. The minimum Gasteiger partial charge on any atom is -0.497 e. The first-order valence-corrected chi connectivity index (χ1v) is 6.28. The highest BCUT2D eigenvalue weighted by molar-refractivity contribution is 5.40. The number of aliphatic hydroxyl groups excluding tert-OH is 1. The SMILES string of the molecule is COc1ccc(OCCO)c(CNCC(C)C)c1. The van der Waals surface area contributed by atoms with Crippen molar-refractivity contribution in [2.45, 2.75) is 20.4 Å². The van der Waals surface area contributed by atoms with E-state index in [2.05, 4.69) is 19.2 Å². The van der Waals surface area contributed by atoms with Crippen LogP contribution in [-0.4, -0.2) is 32.0 Å². The molecule has 0 bridgehead atoms. The van der Waals surface area contributed by atoms with Crippen molar-refractivity contribution in [3.8, 4) is 11.5 Å². The maximum Gasteiger partial charge on any atom is 0.124 e. The Morgan fingerprint density at radius 3 is 2.72 bits per heavy atom. The Balaban J connectivity index is 2.69. The molecule has 1 rings (SSSR count). The molecular weight excluding hydrogens is 230 g/mol. The molecule has 102 valence electrons. The van der Waals surface area contributed by atoms with Crippen LogP contribution in [0.2, 0.25) is 0 Å². The third-order valence-electron chi connectivity index (χ3n) is 2.48. The number of hydrogen-bond acceptors (Lipinski definition) is 4. The van der Waals surface area contributed by atoms with Gasteiger partial charge < -0.3 is 19.9 Å². The predicted molar refractivity (Wildman–Crippen MR) is 72.1 cm³/mol. The van der Waals surface area contributed by atoms with Crippen LogP contribution in [-0.2, 0) is 6.54 Å². The summed E-state index contributed by atoms with van der Waals surface area (Å²) in [5.41, 5.74) is 1.04. The van der Waals surface area contributed by atoms with E-state index in [0.29, 0.717) is 12.5 Å². The van der Waals surface area contributed by atoms with Gasteiger partial charge in [0, 0.05) is 12.1 Å². The molecule has 0 aliphatic carbocycles. The number of methoxy groups -OCH3 is 1. The van der Waals surface area contributed by atoms with Crippen molar-refractivity contribution in [3.05, 3.63) is 23.8 Å². The van der Waals surface area contributed by atoms with Crippen LogP contribution in [0.4, 0.5) is 0 Å². The Bertz CT molecular complexity index is 353. The van der Waals surface area contributed by atoms with Gasteiger partial charge in [-0.3, -0.25) is 0 Å². The Hall–Kier alpha value is -1.26. The van der Waals surface area contributed by atoms with E-state index in [1.807, 2.05) is 18.2 Å². The molecule has 0 amide bonds.